The molecule has 0 spiro atoms. The minimum atomic E-state index is -0.900. The number of amides is 2. The molecule has 0 radical (unpaired) electrons. The first-order valence-electron chi connectivity index (χ1n) is 9.47. The Morgan fingerprint density at radius 2 is 1.48 bits per heavy atom. The van der Waals surface area contributed by atoms with Crippen LogP contribution in [-0.2, 0) is 4.79 Å². The van der Waals surface area contributed by atoms with Gasteiger partial charge < -0.3 is 9.80 Å². The number of nitrogens with zero attached hydrogens (tertiary/aromatic N) is 2. The summed E-state index contributed by atoms with van der Waals surface area (Å²) in [5.74, 6) is -2.40. The summed E-state index contributed by atoms with van der Waals surface area (Å²) in [6.45, 7) is 3.07. The van der Waals surface area contributed by atoms with Gasteiger partial charge in [-0.3, -0.25) is 14.4 Å². The SMILES string of the molecule is Cc1ccc(C(=O)CCC(=O)N2CCN(C(=O)c3ccc(F)cc3F)CC2)cc1. The minimum Gasteiger partial charge on any atom is -0.339 e. The van der Waals surface area contributed by atoms with E-state index in [1.165, 1.54) is 4.90 Å². The van der Waals surface area contributed by atoms with E-state index in [0.29, 0.717) is 24.7 Å². The summed E-state index contributed by atoms with van der Waals surface area (Å²) in [5, 5.41) is 0. The van der Waals surface area contributed by atoms with E-state index in [9.17, 15) is 23.2 Å². The normalized spacial score (nSPS) is 14.0. The molecule has 0 saturated carbocycles. The molecule has 0 atom stereocenters. The summed E-state index contributed by atoms with van der Waals surface area (Å²) < 4.78 is 26.8. The minimum absolute atomic E-state index is 0.0843. The van der Waals surface area contributed by atoms with Gasteiger partial charge in [0.1, 0.15) is 11.6 Å². The quantitative estimate of drug-likeness (QED) is 0.724. The first-order valence-corrected chi connectivity index (χ1v) is 9.47. The summed E-state index contributed by atoms with van der Waals surface area (Å²) in [6.07, 6.45) is 0.231. The first-order chi connectivity index (χ1) is 13.8. The van der Waals surface area contributed by atoms with E-state index in [1.54, 1.807) is 17.0 Å². The van der Waals surface area contributed by atoms with Gasteiger partial charge in [0, 0.05) is 50.7 Å². The maximum atomic E-state index is 13.8. The van der Waals surface area contributed by atoms with E-state index in [1.807, 2.05) is 19.1 Å². The number of hydrogen-bond donors (Lipinski definition) is 0. The van der Waals surface area contributed by atoms with Crippen LogP contribution in [0.2, 0.25) is 0 Å². The van der Waals surface area contributed by atoms with Crippen LogP contribution in [0.15, 0.2) is 42.5 Å². The fourth-order valence-electron chi connectivity index (χ4n) is 3.25. The van der Waals surface area contributed by atoms with Crippen LogP contribution in [0.3, 0.4) is 0 Å². The molecule has 0 N–H and O–H groups in total. The van der Waals surface area contributed by atoms with Gasteiger partial charge in [-0.1, -0.05) is 29.8 Å². The maximum absolute atomic E-state index is 13.8. The average molecular weight is 400 g/mol. The number of Topliss-reactive ketones (excluding diaryl/α,β-unsaturated/α-hetero) is 1. The van der Waals surface area contributed by atoms with Gasteiger partial charge >= 0.3 is 0 Å². The van der Waals surface area contributed by atoms with Crippen molar-refractivity contribution in [2.24, 2.45) is 0 Å². The second kappa shape index (κ2) is 8.94. The van der Waals surface area contributed by atoms with Gasteiger partial charge in [-0.25, -0.2) is 8.78 Å². The van der Waals surface area contributed by atoms with Gasteiger partial charge in [0.2, 0.25) is 5.91 Å². The van der Waals surface area contributed by atoms with Crippen LogP contribution in [0.5, 0.6) is 0 Å². The zero-order valence-corrected chi connectivity index (χ0v) is 16.2. The molecule has 29 heavy (non-hydrogen) atoms. The lowest BCUT2D eigenvalue weighted by Crippen LogP contribution is -2.50. The lowest BCUT2D eigenvalue weighted by Gasteiger charge is -2.35. The lowest BCUT2D eigenvalue weighted by molar-refractivity contribution is -0.132. The summed E-state index contributed by atoms with van der Waals surface area (Å²) in [6, 6.07) is 10.1. The number of ketones is 1. The van der Waals surface area contributed by atoms with Gasteiger partial charge in [0.15, 0.2) is 5.78 Å². The zero-order chi connectivity index (χ0) is 21.0. The van der Waals surface area contributed by atoms with Gasteiger partial charge in [0.05, 0.1) is 5.56 Å². The standard InChI is InChI=1S/C22H22F2N2O3/c1-15-2-4-16(5-3-15)20(27)8-9-21(28)25-10-12-26(13-11-25)22(29)18-7-6-17(23)14-19(18)24/h2-7,14H,8-13H2,1H3. The molecule has 1 saturated heterocycles. The molecule has 0 unspecified atom stereocenters. The van der Waals surface area contributed by atoms with Crippen LogP contribution >= 0.6 is 0 Å². The van der Waals surface area contributed by atoms with Crippen molar-refractivity contribution in [3.05, 3.63) is 70.8 Å². The highest BCUT2D eigenvalue weighted by atomic mass is 19.1. The summed E-state index contributed by atoms with van der Waals surface area (Å²) in [4.78, 5) is 40.1. The fourth-order valence-corrected chi connectivity index (χ4v) is 3.25. The Bertz CT molecular complexity index is 920. The fraction of sp³-hybridized carbons (Fsp3) is 0.318. The molecule has 2 amide bonds. The van der Waals surface area contributed by atoms with Crippen molar-refractivity contribution < 1.29 is 23.2 Å². The second-order valence-corrected chi connectivity index (χ2v) is 7.09. The molecular formula is C22H22F2N2O3. The smallest absolute Gasteiger partial charge is 0.256 e. The van der Waals surface area contributed by atoms with Crippen LogP contribution < -0.4 is 0 Å². The van der Waals surface area contributed by atoms with E-state index < -0.39 is 17.5 Å². The van der Waals surface area contributed by atoms with Crippen molar-refractivity contribution in [3.63, 3.8) is 0 Å². The molecule has 1 heterocycles. The Hall–Kier alpha value is -3.09. The number of carbonyl (C=O) groups excluding carboxylic acids is 3. The predicted octanol–water partition coefficient (Wildman–Crippen LogP) is 3.22. The van der Waals surface area contributed by atoms with Crippen molar-refractivity contribution in [2.75, 3.05) is 26.2 Å². The molecule has 0 bridgehead atoms. The number of aryl methyl sites for hydroxylation is 1. The maximum Gasteiger partial charge on any atom is 0.256 e. The van der Waals surface area contributed by atoms with Crippen molar-refractivity contribution in [2.45, 2.75) is 19.8 Å². The highest BCUT2D eigenvalue weighted by molar-refractivity contribution is 5.98. The van der Waals surface area contributed by atoms with E-state index in [4.69, 9.17) is 0 Å². The number of piperazine rings is 1. The molecular weight excluding hydrogens is 378 g/mol. The molecule has 1 fully saturated rings. The number of carbonyl (C=O) groups is 3. The van der Waals surface area contributed by atoms with E-state index in [0.717, 1.165) is 17.7 Å². The summed E-state index contributed by atoms with van der Waals surface area (Å²) in [7, 11) is 0. The van der Waals surface area contributed by atoms with Crippen molar-refractivity contribution in [1.82, 2.24) is 9.80 Å². The Morgan fingerprint density at radius 1 is 0.862 bits per heavy atom. The van der Waals surface area contributed by atoms with E-state index in [-0.39, 0.29) is 43.2 Å². The Balaban J connectivity index is 1.49. The zero-order valence-electron chi connectivity index (χ0n) is 16.2. The van der Waals surface area contributed by atoms with E-state index >= 15 is 0 Å². The third kappa shape index (κ3) is 5.04. The second-order valence-electron chi connectivity index (χ2n) is 7.09. The molecule has 1 aliphatic heterocycles. The van der Waals surface area contributed by atoms with Gasteiger partial charge in [0.25, 0.3) is 5.91 Å². The van der Waals surface area contributed by atoms with Gasteiger partial charge in [-0.2, -0.15) is 0 Å². The summed E-state index contributed by atoms with van der Waals surface area (Å²) in [5.41, 5.74) is 1.46. The molecule has 7 heteroatoms. The van der Waals surface area contributed by atoms with Crippen LogP contribution in [0.4, 0.5) is 8.78 Å². The van der Waals surface area contributed by atoms with Crippen molar-refractivity contribution in [3.8, 4) is 0 Å². The van der Waals surface area contributed by atoms with Crippen LogP contribution in [0.1, 0.15) is 39.1 Å². The molecule has 2 aromatic carbocycles. The largest absolute Gasteiger partial charge is 0.339 e. The first kappa shape index (κ1) is 20.6. The lowest BCUT2D eigenvalue weighted by atomic mass is 10.0. The number of benzene rings is 2. The van der Waals surface area contributed by atoms with Gasteiger partial charge in [-0.15, -0.1) is 0 Å². The highest BCUT2D eigenvalue weighted by Crippen LogP contribution is 2.15. The van der Waals surface area contributed by atoms with Crippen LogP contribution in [0.25, 0.3) is 0 Å². The molecule has 0 aliphatic carbocycles. The third-order valence-corrected chi connectivity index (χ3v) is 5.02. The van der Waals surface area contributed by atoms with Crippen LogP contribution in [-0.4, -0.2) is 53.6 Å². The van der Waals surface area contributed by atoms with Crippen molar-refractivity contribution >= 4 is 17.6 Å². The Morgan fingerprint density at radius 3 is 2.10 bits per heavy atom. The average Bonchev–Trinajstić information content (AvgIpc) is 2.72. The van der Waals surface area contributed by atoms with Crippen LogP contribution in [0, 0.1) is 18.6 Å². The van der Waals surface area contributed by atoms with E-state index in [2.05, 4.69) is 0 Å². The monoisotopic (exact) mass is 400 g/mol. The highest BCUT2D eigenvalue weighted by Gasteiger charge is 2.26. The third-order valence-electron chi connectivity index (χ3n) is 5.02. The molecule has 1 aliphatic rings. The van der Waals surface area contributed by atoms with Crippen molar-refractivity contribution in [1.29, 1.82) is 0 Å². The Labute approximate surface area is 167 Å². The predicted molar refractivity (Wildman–Crippen MR) is 104 cm³/mol. The molecule has 5 nitrogen and oxygen atoms in total. The summed E-state index contributed by atoms with van der Waals surface area (Å²) >= 11 is 0. The Kier molecular flexibility index (Phi) is 6.36. The molecule has 3 rings (SSSR count). The molecule has 2 aromatic rings. The number of halogens is 2. The molecule has 152 valence electrons. The topological polar surface area (TPSA) is 57.7 Å². The number of hydrogen-bond acceptors (Lipinski definition) is 3. The molecule has 0 aromatic heterocycles. The number of rotatable bonds is 5. The van der Waals surface area contributed by atoms with Gasteiger partial charge in [-0.05, 0) is 19.1 Å².